The van der Waals surface area contributed by atoms with Crippen molar-refractivity contribution < 1.29 is 4.79 Å². The van der Waals surface area contributed by atoms with Crippen molar-refractivity contribution in [3.05, 3.63) is 65.2 Å². The fraction of sp³-hybridized carbons (Fsp3) is 0.409. The molecule has 25 heavy (non-hydrogen) atoms. The van der Waals surface area contributed by atoms with Crippen LogP contribution in [-0.2, 0) is 17.6 Å². The summed E-state index contributed by atoms with van der Waals surface area (Å²) in [7, 11) is 0. The maximum absolute atomic E-state index is 12.3. The Hall–Kier alpha value is -1.74. The number of carbonyl (C=O) groups excluding carboxylic acids is 1. The topological polar surface area (TPSA) is 29.1 Å². The molecule has 3 rings (SSSR count). The molecule has 0 heterocycles. The van der Waals surface area contributed by atoms with Crippen LogP contribution >= 0.6 is 11.8 Å². The van der Waals surface area contributed by atoms with E-state index >= 15 is 0 Å². The molecule has 1 aliphatic carbocycles. The van der Waals surface area contributed by atoms with Gasteiger partial charge in [-0.3, -0.25) is 4.79 Å². The summed E-state index contributed by atoms with van der Waals surface area (Å²) in [4.78, 5) is 13.6. The molecule has 0 bridgehead atoms. The molecule has 132 valence electrons. The smallest absolute Gasteiger partial charge is 0.221 e. The van der Waals surface area contributed by atoms with Gasteiger partial charge in [0.15, 0.2) is 0 Å². The minimum Gasteiger partial charge on any atom is -0.349 e. The number of amides is 1. The minimum absolute atomic E-state index is 0.126. The molecule has 0 aliphatic heterocycles. The first kappa shape index (κ1) is 18.1. The second-order valence-electron chi connectivity index (χ2n) is 6.68. The fourth-order valence-electron chi connectivity index (χ4n) is 3.44. The number of thioether (sulfide) groups is 1. The highest BCUT2D eigenvalue weighted by Crippen LogP contribution is 2.26. The molecule has 1 aliphatic rings. The van der Waals surface area contributed by atoms with Crippen LogP contribution in [0.15, 0.2) is 53.4 Å². The largest absolute Gasteiger partial charge is 0.349 e. The Morgan fingerprint density at radius 3 is 2.60 bits per heavy atom. The predicted molar refractivity (Wildman–Crippen MR) is 106 cm³/mol. The monoisotopic (exact) mass is 353 g/mol. The maximum atomic E-state index is 12.3. The van der Waals surface area contributed by atoms with Gasteiger partial charge in [0.25, 0.3) is 0 Å². The van der Waals surface area contributed by atoms with Crippen LogP contribution in [0.2, 0.25) is 0 Å². The van der Waals surface area contributed by atoms with E-state index in [-0.39, 0.29) is 11.9 Å². The van der Waals surface area contributed by atoms with Crippen LogP contribution in [0.25, 0.3) is 0 Å². The van der Waals surface area contributed by atoms with E-state index < -0.39 is 0 Å². The van der Waals surface area contributed by atoms with E-state index in [9.17, 15) is 4.79 Å². The summed E-state index contributed by atoms with van der Waals surface area (Å²) in [6, 6.07) is 17.2. The second-order valence-corrected chi connectivity index (χ2v) is 7.84. The molecule has 2 aromatic carbocycles. The molecule has 3 heteroatoms. The molecule has 0 aromatic heterocycles. The zero-order valence-electron chi connectivity index (χ0n) is 15.0. The van der Waals surface area contributed by atoms with Gasteiger partial charge in [-0.1, -0.05) is 43.3 Å². The van der Waals surface area contributed by atoms with Crippen molar-refractivity contribution in [3.8, 4) is 0 Å². The molecule has 0 saturated heterocycles. The van der Waals surface area contributed by atoms with Gasteiger partial charge < -0.3 is 5.32 Å². The Kier molecular flexibility index (Phi) is 6.57. The SMILES string of the molecule is CCC(NC(=O)CCSc1ccccc1)c1ccc2c(c1)CCCC2. The summed E-state index contributed by atoms with van der Waals surface area (Å²) in [5.41, 5.74) is 4.23. The van der Waals surface area contributed by atoms with Gasteiger partial charge in [-0.05, 0) is 60.9 Å². The highest BCUT2D eigenvalue weighted by molar-refractivity contribution is 7.99. The molecule has 1 amide bonds. The van der Waals surface area contributed by atoms with Gasteiger partial charge in [0.1, 0.15) is 0 Å². The van der Waals surface area contributed by atoms with Gasteiger partial charge in [0.05, 0.1) is 6.04 Å². The lowest BCUT2D eigenvalue weighted by Gasteiger charge is -2.21. The van der Waals surface area contributed by atoms with E-state index in [1.165, 1.54) is 47.3 Å². The van der Waals surface area contributed by atoms with Crippen LogP contribution in [0, 0.1) is 0 Å². The highest BCUT2D eigenvalue weighted by atomic mass is 32.2. The molecule has 2 aromatic rings. The lowest BCUT2D eigenvalue weighted by atomic mass is 9.89. The summed E-state index contributed by atoms with van der Waals surface area (Å²) in [5, 5.41) is 3.22. The van der Waals surface area contributed by atoms with Gasteiger partial charge in [0.2, 0.25) is 5.91 Å². The van der Waals surface area contributed by atoms with E-state index in [0.717, 1.165) is 12.2 Å². The summed E-state index contributed by atoms with van der Waals surface area (Å²) in [6.07, 6.45) is 6.46. The van der Waals surface area contributed by atoms with Crippen LogP contribution in [0.3, 0.4) is 0 Å². The number of nitrogens with one attached hydrogen (secondary N) is 1. The lowest BCUT2D eigenvalue weighted by molar-refractivity contribution is -0.121. The first-order valence-corrected chi connectivity index (χ1v) is 10.3. The second kappa shape index (κ2) is 9.10. The van der Waals surface area contributed by atoms with Crippen LogP contribution < -0.4 is 5.32 Å². The molecule has 1 atom stereocenters. The van der Waals surface area contributed by atoms with Crippen molar-refractivity contribution >= 4 is 17.7 Å². The standard InChI is InChI=1S/C22H27NOS/c1-2-21(19-13-12-17-8-6-7-9-18(17)16-19)23-22(24)14-15-25-20-10-4-3-5-11-20/h3-5,10-13,16,21H,2,6-9,14-15H2,1H3,(H,23,24). The Morgan fingerprint density at radius 1 is 1.08 bits per heavy atom. The van der Waals surface area contributed by atoms with Crippen molar-refractivity contribution in [1.82, 2.24) is 5.32 Å². The fourth-order valence-corrected chi connectivity index (χ4v) is 4.31. The van der Waals surface area contributed by atoms with Crippen molar-refractivity contribution in [2.75, 3.05) is 5.75 Å². The van der Waals surface area contributed by atoms with Gasteiger partial charge in [-0.25, -0.2) is 0 Å². The first-order chi connectivity index (χ1) is 12.3. The molecule has 2 nitrogen and oxygen atoms in total. The molecule has 0 radical (unpaired) electrons. The molecular formula is C22H27NOS. The summed E-state index contributed by atoms with van der Waals surface area (Å²) >= 11 is 1.74. The maximum Gasteiger partial charge on any atom is 0.221 e. The van der Waals surface area contributed by atoms with E-state index in [2.05, 4.69) is 42.6 Å². The third kappa shape index (κ3) is 5.12. The Morgan fingerprint density at radius 2 is 1.84 bits per heavy atom. The summed E-state index contributed by atoms with van der Waals surface area (Å²) in [5.74, 6) is 0.962. The number of benzene rings is 2. The van der Waals surface area contributed by atoms with Crippen LogP contribution in [0.1, 0.15) is 55.3 Å². The normalized spacial score (nSPS) is 14.6. The van der Waals surface area contributed by atoms with E-state index in [4.69, 9.17) is 0 Å². The van der Waals surface area contributed by atoms with Gasteiger partial charge in [-0.15, -0.1) is 11.8 Å². The van der Waals surface area contributed by atoms with E-state index in [1.807, 2.05) is 18.2 Å². The van der Waals surface area contributed by atoms with Crippen molar-refractivity contribution in [2.45, 2.75) is 56.4 Å². The summed E-state index contributed by atoms with van der Waals surface area (Å²) in [6.45, 7) is 2.14. The molecule has 1 unspecified atom stereocenters. The first-order valence-electron chi connectivity index (χ1n) is 9.35. The summed E-state index contributed by atoms with van der Waals surface area (Å²) < 4.78 is 0. The van der Waals surface area contributed by atoms with Crippen LogP contribution in [0.5, 0.6) is 0 Å². The number of aryl methyl sites for hydroxylation is 2. The number of hydrogen-bond acceptors (Lipinski definition) is 2. The molecular weight excluding hydrogens is 326 g/mol. The zero-order chi connectivity index (χ0) is 17.5. The average molecular weight is 354 g/mol. The van der Waals surface area contributed by atoms with Crippen molar-refractivity contribution in [1.29, 1.82) is 0 Å². The quantitative estimate of drug-likeness (QED) is 0.683. The van der Waals surface area contributed by atoms with E-state index in [0.29, 0.717) is 6.42 Å². The highest BCUT2D eigenvalue weighted by Gasteiger charge is 2.16. The third-order valence-corrected chi connectivity index (χ3v) is 5.87. The van der Waals surface area contributed by atoms with E-state index in [1.54, 1.807) is 11.8 Å². The number of hydrogen-bond donors (Lipinski definition) is 1. The average Bonchev–Trinajstić information content (AvgIpc) is 2.66. The number of rotatable bonds is 7. The molecule has 0 saturated carbocycles. The Bertz CT molecular complexity index is 698. The zero-order valence-corrected chi connectivity index (χ0v) is 15.8. The Labute approximate surface area is 155 Å². The van der Waals surface area contributed by atoms with Crippen molar-refractivity contribution in [3.63, 3.8) is 0 Å². The number of carbonyl (C=O) groups is 1. The molecule has 1 N–H and O–H groups in total. The molecule has 0 spiro atoms. The van der Waals surface area contributed by atoms with Gasteiger partial charge in [0, 0.05) is 17.1 Å². The van der Waals surface area contributed by atoms with Crippen molar-refractivity contribution in [2.24, 2.45) is 0 Å². The minimum atomic E-state index is 0.126. The lowest BCUT2D eigenvalue weighted by Crippen LogP contribution is -2.28. The molecule has 0 fully saturated rings. The number of fused-ring (bicyclic) bond motifs is 1. The van der Waals surface area contributed by atoms with Crippen LogP contribution in [0.4, 0.5) is 0 Å². The predicted octanol–water partition coefficient (Wildman–Crippen LogP) is 5.32. The Balaban J connectivity index is 1.53. The van der Waals surface area contributed by atoms with Crippen LogP contribution in [-0.4, -0.2) is 11.7 Å². The van der Waals surface area contributed by atoms with Gasteiger partial charge in [-0.2, -0.15) is 0 Å². The third-order valence-electron chi connectivity index (χ3n) is 4.86. The van der Waals surface area contributed by atoms with Gasteiger partial charge >= 0.3 is 0 Å².